The molecule has 11 nitrogen and oxygen atoms in total. The van der Waals surface area contributed by atoms with Gasteiger partial charge in [-0.25, -0.2) is 4.39 Å². The van der Waals surface area contributed by atoms with Crippen molar-refractivity contribution >= 4 is 17.9 Å². The molecule has 258 valence electrons. The quantitative estimate of drug-likeness (QED) is 0.217. The van der Waals surface area contributed by atoms with E-state index in [0.29, 0.717) is 6.42 Å². The summed E-state index contributed by atoms with van der Waals surface area (Å²) in [7, 11) is 0. The van der Waals surface area contributed by atoms with E-state index in [9.17, 15) is 14.4 Å². The second kappa shape index (κ2) is 16.6. The number of carbonyl (C=O) groups excluding carboxylic acids is 3. The van der Waals surface area contributed by atoms with Gasteiger partial charge in [-0.15, -0.1) is 0 Å². The van der Waals surface area contributed by atoms with Crippen LogP contribution in [0, 0.1) is 5.92 Å². The third kappa shape index (κ3) is 9.57. The molecule has 0 bridgehead atoms. The van der Waals surface area contributed by atoms with Gasteiger partial charge in [0.25, 0.3) is 0 Å². The van der Waals surface area contributed by atoms with Crippen LogP contribution in [-0.4, -0.2) is 79.4 Å². The Hall–Kier alpha value is -3.42. The van der Waals surface area contributed by atoms with Crippen LogP contribution in [0.15, 0.2) is 60.7 Å². The highest BCUT2D eigenvalue weighted by atomic mass is 19.1. The number of rotatable bonds is 13. The van der Waals surface area contributed by atoms with Crippen molar-refractivity contribution in [1.82, 2.24) is 0 Å². The fraction of sp³-hybridized carbons (Fsp3) is 0.571. The summed E-state index contributed by atoms with van der Waals surface area (Å²) in [6.07, 6.45) is -9.44. The molecular formula is C35H45FO11. The van der Waals surface area contributed by atoms with Gasteiger partial charge < -0.3 is 37.9 Å². The summed E-state index contributed by atoms with van der Waals surface area (Å²) in [4.78, 5) is 35.8. The third-order valence-corrected chi connectivity index (χ3v) is 8.24. The Morgan fingerprint density at radius 2 is 1.34 bits per heavy atom. The molecule has 4 rings (SSSR count). The van der Waals surface area contributed by atoms with E-state index in [2.05, 4.69) is 0 Å². The summed E-state index contributed by atoms with van der Waals surface area (Å²) < 4.78 is 64.2. The summed E-state index contributed by atoms with van der Waals surface area (Å²) in [6.45, 7) is 9.04. The standard InChI is InChI=1S/C35H45FO11/c1-7-27-21(2)30(41-18-25-14-10-8-11-15-25)33(42-19-26-16-12-9-13-17-26)35(6,46-27)47-34-29(36)32(44-24(5)39)31(43-23(4)38)28(45-34)20-40-22(3)37/h8-17,21,27-34H,7,18-20H2,1-6H3/t21-,27?,28?,29?,30-,31+,32?,33?,34+,35+/m0/s1. The number of alkyl halides is 1. The van der Waals surface area contributed by atoms with Crippen molar-refractivity contribution in [3.8, 4) is 0 Å². The molecule has 5 unspecified atom stereocenters. The minimum atomic E-state index is -2.14. The molecule has 10 atom stereocenters. The number of hydrogen-bond acceptors (Lipinski definition) is 11. The van der Waals surface area contributed by atoms with Gasteiger partial charge in [0.1, 0.15) is 18.8 Å². The molecule has 0 aromatic heterocycles. The summed E-state index contributed by atoms with van der Waals surface area (Å²) in [5, 5.41) is 0. The Bertz CT molecular complexity index is 1310. The van der Waals surface area contributed by atoms with E-state index in [4.69, 9.17) is 37.9 Å². The Balaban J connectivity index is 1.69. The summed E-state index contributed by atoms with van der Waals surface area (Å²) >= 11 is 0. The van der Waals surface area contributed by atoms with Crippen molar-refractivity contribution in [1.29, 1.82) is 0 Å². The average molecular weight is 661 g/mol. The zero-order valence-corrected chi connectivity index (χ0v) is 27.7. The van der Waals surface area contributed by atoms with Crippen LogP contribution in [0.25, 0.3) is 0 Å². The van der Waals surface area contributed by atoms with Gasteiger partial charge in [-0.05, 0) is 24.5 Å². The van der Waals surface area contributed by atoms with Crippen molar-refractivity contribution in [3.05, 3.63) is 71.8 Å². The van der Waals surface area contributed by atoms with Crippen LogP contribution >= 0.6 is 0 Å². The fourth-order valence-corrected chi connectivity index (χ4v) is 6.01. The first-order valence-electron chi connectivity index (χ1n) is 15.9. The van der Waals surface area contributed by atoms with Gasteiger partial charge in [0.05, 0.1) is 25.4 Å². The first-order chi connectivity index (χ1) is 22.4. The molecule has 12 heteroatoms. The van der Waals surface area contributed by atoms with Gasteiger partial charge in [0.15, 0.2) is 30.5 Å². The van der Waals surface area contributed by atoms with Crippen molar-refractivity contribution in [2.45, 2.75) is 116 Å². The van der Waals surface area contributed by atoms with Crippen LogP contribution in [0.3, 0.4) is 0 Å². The Kier molecular flexibility index (Phi) is 12.9. The number of ether oxygens (including phenoxy) is 8. The van der Waals surface area contributed by atoms with E-state index in [0.717, 1.165) is 25.0 Å². The van der Waals surface area contributed by atoms with Gasteiger partial charge in [-0.2, -0.15) is 0 Å². The summed E-state index contributed by atoms with van der Waals surface area (Å²) in [5.74, 6) is -4.05. The van der Waals surface area contributed by atoms with Crippen LogP contribution in [0.5, 0.6) is 0 Å². The molecule has 2 aliphatic rings. The lowest BCUT2D eigenvalue weighted by molar-refractivity contribution is -0.414. The number of halogens is 1. The van der Waals surface area contributed by atoms with Gasteiger partial charge >= 0.3 is 17.9 Å². The van der Waals surface area contributed by atoms with Gasteiger partial charge in [-0.1, -0.05) is 74.5 Å². The number of carbonyl (C=O) groups is 3. The molecule has 2 heterocycles. The van der Waals surface area contributed by atoms with E-state index in [1.165, 1.54) is 6.92 Å². The van der Waals surface area contributed by atoms with E-state index in [1.807, 2.05) is 74.5 Å². The highest BCUT2D eigenvalue weighted by Crippen LogP contribution is 2.42. The maximum absolute atomic E-state index is 16.4. The van der Waals surface area contributed by atoms with Crippen LogP contribution in [0.2, 0.25) is 0 Å². The monoisotopic (exact) mass is 660 g/mol. The molecule has 0 saturated carbocycles. The predicted octanol–water partition coefficient (Wildman–Crippen LogP) is 4.82. The molecule has 2 aromatic carbocycles. The molecule has 47 heavy (non-hydrogen) atoms. The first-order valence-corrected chi connectivity index (χ1v) is 15.9. The lowest BCUT2D eigenvalue weighted by atomic mass is 9.85. The maximum atomic E-state index is 16.4. The fourth-order valence-electron chi connectivity index (χ4n) is 6.01. The van der Waals surface area contributed by atoms with Crippen LogP contribution in [-0.2, 0) is 65.5 Å². The Morgan fingerprint density at radius 1 is 0.787 bits per heavy atom. The second-order valence-corrected chi connectivity index (χ2v) is 12.0. The summed E-state index contributed by atoms with van der Waals surface area (Å²) in [5.41, 5.74) is 1.84. The van der Waals surface area contributed by atoms with E-state index < -0.39 is 73.3 Å². The zero-order valence-electron chi connectivity index (χ0n) is 27.7. The molecule has 2 aromatic rings. The van der Waals surface area contributed by atoms with E-state index in [1.54, 1.807) is 6.92 Å². The number of hydrogen-bond donors (Lipinski definition) is 0. The molecule has 0 spiro atoms. The Morgan fingerprint density at radius 3 is 1.87 bits per heavy atom. The molecule has 0 N–H and O–H groups in total. The van der Waals surface area contributed by atoms with Crippen LogP contribution < -0.4 is 0 Å². The van der Waals surface area contributed by atoms with Crippen molar-refractivity contribution in [3.63, 3.8) is 0 Å². The minimum absolute atomic E-state index is 0.159. The maximum Gasteiger partial charge on any atom is 0.303 e. The Labute approximate surface area is 274 Å². The summed E-state index contributed by atoms with van der Waals surface area (Å²) in [6, 6.07) is 19.2. The first kappa shape index (κ1) is 36.4. The highest BCUT2D eigenvalue weighted by molar-refractivity contribution is 5.68. The SMILES string of the molecule is CCC1O[C@](C)(O[C@H]2OC(COC(C)=O)[C@@H](OC(C)=O)C(OC(C)=O)C2F)C(OCc2ccccc2)[C@@H](OCc2ccccc2)[C@H]1C. The number of esters is 3. The van der Waals surface area contributed by atoms with Crippen LogP contribution in [0.4, 0.5) is 4.39 Å². The molecule has 2 saturated heterocycles. The lowest BCUT2D eigenvalue weighted by Gasteiger charge is -2.52. The van der Waals surface area contributed by atoms with Gasteiger partial charge in [-0.3, -0.25) is 14.4 Å². The normalized spacial score (nSPS) is 32.3. The topological polar surface area (TPSA) is 125 Å². The highest BCUT2D eigenvalue weighted by Gasteiger charge is 2.58. The molecule has 0 amide bonds. The molecule has 0 aliphatic carbocycles. The molecule has 2 aliphatic heterocycles. The van der Waals surface area contributed by atoms with Crippen molar-refractivity contribution in [2.24, 2.45) is 5.92 Å². The largest absolute Gasteiger partial charge is 0.463 e. The molecule has 2 fully saturated rings. The molecule has 0 radical (unpaired) electrons. The van der Waals surface area contributed by atoms with E-state index in [-0.39, 0.29) is 25.2 Å². The average Bonchev–Trinajstić information content (AvgIpc) is 3.03. The predicted molar refractivity (Wildman–Crippen MR) is 165 cm³/mol. The minimum Gasteiger partial charge on any atom is -0.463 e. The van der Waals surface area contributed by atoms with Crippen molar-refractivity contribution < 1.29 is 56.7 Å². The van der Waals surface area contributed by atoms with Gasteiger partial charge in [0.2, 0.25) is 0 Å². The van der Waals surface area contributed by atoms with Crippen molar-refractivity contribution in [2.75, 3.05) is 6.61 Å². The third-order valence-electron chi connectivity index (χ3n) is 8.24. The lowest BCUT2D eigenvalue weighted by Crippen LogP contribution is -2.67. The smallest absolute Gasteiger partial charge is 0.303 e. The van der Waals surface area contributed by atoms with Gasteiger partial charge in [0, 0.05) is 26.7 Å². The van der Waals surface area contributed by atoms with Crippen LogP contribution in [0.1, 0.15) is 59.1 Å². The second-order valence-electron chi connectivity index (χ2n) is 12.0. The molecular weight excluding hydrogens is 615 g/mol. The number of benzene rings is 2. The zero-order chi connectivity index (χ0) is 34.1. The van der Waals surface area contributed by atoms with E-state index >= 15 is 4.39 Å².